The van der Waals surface area contributed by atoms with E-state index in [1.807, 2.05) is 10.9 Å². The number of aromatic nitrogens is 2. The molecular formula is C19H23N3O. The maximum Gasteiger partial charge on any atom is 0.230 e. The predicted molar refractivity (Wildman–Crippen MR) is 89.3 cm³/mol. The molecule has 4 rings (SSSR count). The fourth-order valence-corrected chi connectivity index (χ4v) is 4.04. The third-order valence-corrected chi connectivity index (χ3v) is 5.24. The van der Waals surface area contributed by atoms with E-state index in [9.17, 15) is 4.79 Å². The number of carbonyl (C=O) groups is 1. The van der Waals surface area contributed by atoms with Crippen molar-refractivity contribution in [3.63, 3.8) is 0 Å². The van der Waals surface area contributed by atoms with Gasteiger partial charge in [0.2, 0.25) is 5.91 Å². The minimum Gasteiger partial charge on any atom is -0.340 e. The molecular weight excluding hydrogens is 286 g/mol. The molecule has 0 saturated carbocycles. The average molecular weight is 309 g/mol. The summed E-state index contributed by atoms with van der Waals surface area (Å²) in [5.41, 5.74) is 3.77. The fourth-order valence-electron chi connectivity index (χ4n) is 4.04. The summed E-state index contributed by atoms with van der Waals surface area (Å²) < 4.78 is 2.04. The molecule has 1 saturated heterocycles. The molecule has 0 spiro atoms. The van der Waals surface area contributed by atoms with Crippen LogP contribution in [0.3, 0.4) is 0 Å². The summed E-state index contributed by atoms with van der Waals surface area (Å²) in [4.78, 5) is 15.1. The van der Waals surface area contributed by atoms with Crippen LogP contribution in [0.15, 0.2) is 36.7 Å². The second kappa shape index (κ2) is 5.84. The van der Waals surface area contributed by atoms with Gasteiger partial charge in [0.1, 0.15) is 0 Å². The van der Waals surface area contributed by atoms with Gasteiger partial charge in [-0.2, -0.15) is 5.10 Å². The zero-order valence-electron chi connectivity index (χ0n) is 13.6. The molecule has 120 valence electrons. The van der Waals surface area contributed by atoms with E-state index in [1.54, 1.807) is 0 Å². The topological polar surface area (TPSA) is 38.1 Å². The summed E-state index contributed by atoms with van der Waals surface area (Å²) >= 11 is 0. The lowest BCUT2D eigenvalue weighted by Gasteiger charge is -2.34. The molecule has 1 aromatic heterocycles. The van der Waals surface area contributed by atoms with E-state index < -0.39 is 0 Å². The Labute approximate surface area is 137 Å². The Hall–Kier alpha value is -2.10. The van der Waals surface area contributed by atoms with E-state index in [2.05, 4.69) is 47.4 Å². The number of carbonyl (C=O) groups excluding carboxylic acids is 1. The molecule has 1 aliphatic heterocycles. The standard InChI is InChI=1S/C19H23N3O/c1-14-11-20-22(12-14)16-6-4-10-21(13-16)19(23)18-9-8-15-5-2-3-7-17(15)18/h2-3,5,7,11-12,16,18H,4,6,8-10,13H2,1H3. The average Bonchev–Trinajstić information content (AvgIpc) is 3.20. The zero-order valence-corrected chi connectivity index (χ0v) is 13.6. The van der Waals surface area contributed by atoms with Crippen molar-refractivity contribution in [3.8, 4) is 0 Å². The third-order valence-electron chi connectivity index (χ3n) is 5.24. The summed E-state index contributed by atoms with van der Waals surface area (Å²) in [6.45, 7) is 3.73. The van der Waals surface area contributed by atoms with Crippen molar-refractivity contribution in [1.82, 2.24) is 14.7 Å². The normalized spacial score (nSPS) is 23.8. The summed E-state index contributed by atoms with van der Waals surface area (Å²) in [5, 5.41) is 4.45. The Balaban J connectivity index is 1.51. The van der Waals surface area contributed by atoms with E-state index in [1.165, 1.54) is 16.7 Å². The van der Waals surface area contributed by atoms with E-state index >= 15 is 0 Å². The highest BCUT2D eigenvalue weighted by atomic mass is 16.2. The highest BCUT2D eigenvalue weighted by Gasteiger charge is 2.34. The lowest BCUT2D eigenvalue weighted by molar-refractivity contribution is -0.134. The van der Waals surface area contributed by atoms with Crippen molar-refractivity contribution in [3.05, 3.63) is 53.3 Å². The molecule has 2 aromatic rings. The highest BCUT2D eigenvalue weighted by Crippen LogP contribution is 2.35. The Bertz CT molecular complexity index is 721. The van der Waals surface area contributed by atoms with Crippen molar-refractivity contribution >= 4 is 5.91 Å². The number of hydrogen-bond donors (Lipinski definition) is 0. The number of piperidine rings is 1. The Morgan fingerprint density at radius 2 is 2.13 bits per heavy atom. The van der Waals surface area contributed by atoms with Gasteiger partial charge in [0.05, 0.1) is 18.2 Å². The Morgan fingerprint density at radius 3 is 2.96 bits per heavy atom. The molecule has 0 bridgehead atoms. The van der Waals surface area contributed by atoms with Gasteiger partial charge in [0.25, 0.3) is 0 Å². The second-order valence-electron chi connectivity index (χ2n) is 6.87. The van der Waals surface area contributed by atoms with Crippen molar-refractivity contribution in [2.24, 2.45) is 0 Å². The van der Waals surface area contributed by atoms with Gasteiger partial charge in [-0.15, -0.1) is 0 Å². The third kappa shape index (κ3) is 2.67. The molecule has 1 aromatic carbocycles. The van der Waals surface area contributed by atoms with E-state index in [-0.39, 0.29) is 5.92 Å². The first-order valence-corrected chi connectivity index (χ1v) is 8.60. The van der Waals surface area contributed by atoms with Gasteiger partial charge in [-0.3, -0.25) is 9.48 Å². The molecule has 4 heteroatoms. The van der Waals surface area contributed by atoms with Crippen molar-refractivity contribution in [2.45, 2.75) is 44.6 Å². The first-order chi connectivity index (χ1) is 11.2. The number of hydrogen-bond acceptors (Lipinski definition) is 2. The molecule has 2 heterocycles. The molecule has 2 aliphatic rings. The van der Waals surface area contributed by atoms with Gasteiger partial charge in [0, 0.05) is 19.3 Å². The smallest absolute Gasteiger partial charge is 0.230 e. The number of aryl methyl sites for hydroxylation is 2. The number of rotatable bonds is 2. The zero-order chi connectivity index (χ0) is 15.8. The SMILES string of the molecule is Cc1cnn(C2CCCN(C(=O)C3CCc4ccccc43)C2)c1. The number of amides is 1. The molecule has 1 amide bonds. The van der Waals surface area contributed by atoms with Gasteiger partial charge >= 0.3 is 0 Å². The Kier molecular flexibility index (Phi) is 3.68. The number of benzene rings is 1. The molecule has 23 heavy (non-hydrogen) atoms. The molecule has 1 fully saturated rings. The quantitative estimate of drug-likeness (QED) is 0.855. The Morgan fingerprint density at radius 1 is 1.26 bits per heavy atom. The largest absolute Gasteiger partial charge is 0.340 e. The van der Waals surface area contributed by atoms with E-state index in [0.29, 0.717) is 11.9 Å². The highest BCUT2D eigenvalue weighted by molar-refractivity contribution is 5.85. The summed E-state index contributed by atoms with van der Waals surface area (Å²) in [6.07, 6.45) is 8.13. The summed E-state index contributed by atoms with van der Waals surface area (Å²) in [6, 6.07) is 8.73. The molecule has 2 atom stereocenters. The maximum atomic E-state index is 13.0. The van der Waals surface area contributed by atoms with Crippen molar-refractivity contribution in [2.75, 3.05) is 13.1 Å². The van der Waals surface area contributed by atoms with Gasteiger partial charge in [-0.25, -0.2) is 0 Å². The monoisotopic (exact) mass is 309 g/mol. The van der Waals surface area contributed by atoms with Crippen LogP contribution in [0, 0.1) is 6.92 Å². The van der Waals surface area contributed by atoms with Crippen LogP contribution < -0.4 is 0 Å². The van der Waals surface area contributed by atoms with Crippen LogP contribution in [0.4, 0.5) is 0 Å². The van der Waals surface area contributed by atoms with E-state index in [0.717, 1.165) is 38.8 Å². The second-order valence-corrected chi connectivity index (χ2v) is 6.87. The van der Waals surface area contributed by atoms with Crippen LogP contribution in [0.5, 0.6) is 0 Å². The molecule has 4 nitrogen and oxygen atoms in total. The minimum absolute atomic E-state index is 0.0595. The molecule has 0 N–H and O–H groups in total. The minimum atomic E-state index is 0.0595. The van der Waals surface area contributed by atoms with E-state index in [4.69, 9.17) is 0 Å². The van der Waals surface area contributed by atoms with Crippen LogP contribution in [-0.2, 0) is 11.2 Å². The molecule has 1 aliphatic carbocycles. The van der Waals surface area contributed by atoms with Crippen LogP contribution in [0.2, 0.25) is 0 Å². The maximum absolute atomic E-state index is 13.0. The number of fused-ring (bicyclic) bond motifs is 1. The van der Waals surface area contributed by atoms with Crippen LogP contribution in [-0.4, -0.2) is 33.7 Å². The van der Waals surface area contributed by atoms with Crippen LogP contribution in [0.25, 0.3) is 0 Å². The van der Waals surface area contributed by atoms with Crippen molar-refractivity contribution < 1.29 is 4.79 Å². The van der Waals surface area contributed by atoms with Crippen molar-refractivity contribution in [1.29, 1.82) is 0 Å². The molecule has 2 unspecified atom stereocenters. The lowest BCUT2D eigenvalue weighted by Crippen LogP contribution is -2.42. The van der Waals surface area contributed by atoms with Gasteiger partial charge in [0.15, 0.2) is 0 Å². The predicted octanol–water partition coefficient (Wildman–Crippen LogP) is 3.09. The van der Waals surface area contributed by atoms with Gasteiger partial charge < -0.3 is 4.90 Å². The van der Waals surface area contributed by atoms with Crippen LogP contribution >= 0.6 is 0 Å². The first kappa shape index (κ1) is 14.5. The number of nitrogens with zero attached hydrogens (tertiary/aromatic N) is 3. The summed E-state index contributed by atoms with van der Waals surface area (Å²) in [5.74, 6) is 0.368. The van der Waals surface area contributed by atoms with Crippen LogP contribution in [0.1, 0.15) is 47.9 Å². The fraction of sp³-hybridized carbons (Fsp3) is 0.474. The first-order valence-electron chi connectivity index (χ1n) is 8.60. The summed E-state index contributed by atoms with van der Waals surface area (Å²) in [7, 11) is 0. The van der Waals surface area contributed by atoms with Gasteiger partial charge in [-0.05, 0) is 49.3 Å². The molecule has 0 radical (unpaired) electrons. The van der Waals surface area contributed by atoms with Gasteiger partial charge in [-0.1, -0.05) is 24.3 Å². The lowest BCUT2D eigenvalue weighted by atomic mass is 9.97. The number of likely N-dealkylation sites (tertiary alicyclic amines) is 1.